The quantitative estimate of drug-likeness (QED) is 0.841. The molecular formula is C15H21N3O. The highest BCUT2D eigenvalue weighted by Gasteiger charge is 2.20. The van der Waals surface area contributed by atoms with Crippen molar-refractivity contribution in [2.45, 2.75) is 13.5 Å². The monoisotopic (exact) mass is 259 g/mol. The van der Waals surface area contributed by atoms with Gasteiger partial charge in [-0.15, -0.1) is 0 Å². The Morgan fingerprint density at radius 1 is 1.42 bits per heavy atom. The molecule has 0 bridgehead atoms. The highest BCUT2D eigenvalue weighted by Crippen LogP contribution is 2.18. The Hall–Kier alpha value is -1.39. The molecule has 1 aromatic carbocycles. The third-order valence-electron chi connectivity index (χ3n) is 3.82. The van der Waals surface area contributed by atoms with Gasteiger partial charge in [-0.2, -0.15) is 0 Å². The number of aromatic nitrogens is 2. The maximum atomic E-state index is 5.22. The summed E-state index contributed by atoms with van der Waals surface area (Å²) in [6.45, 7) is 5.91. The number of imidazole rings is 1. The topological polar surface area (TPSA) is 30.3 Å². The van der Waals surface area contributed by atoms with E-state index < -0.39 is 0 Å². The first-order chi connectivity index (χ1) is 9.13. The summed E-state index contributed by atoms with van der Waals surface area (Å²) in [5, 5.41) is 0. The van der Waals surface area contributed by atoms with Crippen LogP contribution in [0, 0.1) is 12.8 Å². The number of ether oxygens (including phenoxy) is 1. The van der Waals surface area contributed by atoms with Crippen LogP contribution in [0.1, 0.15) is 11.4 Å². The van der Waals surface area contributed by atoms with Crippen molar-refractivity contribution in [2.75, 3.05) is 26.8 Å². The van der Waals surface area contributed by atoms with Crippen molar-refractivity contribution in [1.29, 1.82) is 0 Å². The number of hydrogen-bond acceptors (Lipinski definition) is 3. The molecule has 0 amide bonds. The van der Waals surface area contributed by atoms with Gasteiger partial charge in [0, 0.05) is 19.5 Å². The van der Waals surface area contributed by atoms with E-state index in [-0.39, 0.29) is 0 Å². The first-order valence-electron chi connectivity index (χ1n) is 6.81. The summed E-state index contributed by atoms with van der Waals surface area (Å²) in [6.07, 6.45) is 0. The van der Waals surface area contributed by atoms with E-state index in [9.17, 15) is 0 Å². The lowest BCUT2D eigenvalue weighted by Crippen LogP contribution is -2.37. The molecular weight excluding hydrogens is 238 g/mol. The minimum absolute atomic E-state index is 0.696. The summed E-state index contributed by atoms with van der Waals surface area (Å²) in [5.74, 6) is 1.82. The molecule has 1 saturated heterocycles. The number of fused-ring (bicyclic) bond motifs is 1. The van der Waals surface area contributed by atoms with Crippen LogP contribution in [0.4, 0.5) is 0 Å². The van der Waals surface area contributed by atoms with Gasteiger partial charge in [0.25, 0.3) is 0 Å². The summed E-state index contributed by atoms with van der Waals surface area (Å²) >= 11 is 0. The Labute approximate surface area is 114 Å². The molecule has 0 atom stereocenters. The van der Waals surface area contributed by atoms with E-state index in [0.29, 0.717) is 5.92 Å². The van der Waals surface area contributed by atoms with E-state index >= 15 is 0 Å². The van der Waals surface area contributed by atoms with Crippen molar-refractivity contribution in [2.24, 2.45) is 13.0 Å². The van der Waals surface area contributed by atoms with Crippen LogP contribution >= 0.6 is 0 Å². The second-order valence-corrected chi connectivity index (χ2v) is 5.68. The fourth-order valence-corrected chi connectivity index (χ4v) is 2.63. The summed E-state index contributed by atoms with van der Waals surface area (Å²) in [7, 11) is 4.26. The minimum atomic E-state index is 0.696. The lowest BCUT2D eigenvalue weighted by atomic mass is 10.1. The summed E-state index contributed by atoms with van der Waals surface area (Å²) in [5.41, 5.74) is 3.58. The van der Waals surface area contributed by atoms with Crippen molar-refractivity contribution >= 4 is 11.0 Å². The molecule has 0 spiro atoms. The third kappa shape index (κ3) is 2.51. The molecule has 1 aliphatic rings. The molecule has 4 nitrogen and oxygen atoms in total. The van der Waals surface area contributed by atoms with Crippen molar-refractivity contribution in [3.8, 4) is 0 Å². The molecule has 0 unspecified atom stereocenters. The highest BCUT2D eigenvalue weighted by atomic mass is 16.5. The fourth-order valence-electron chi connectivity index (χ4n) is 2.63. The molecule has 0 aliphatic carbocycles. The second-order valence-electron chi connectivity index (χ2n) is 5.68. The first-order valence-corrected chi connectivity index (χ1v) is 6.81. The van der Waals surface area contributed by atoms with Crippen molar-refractivity contribution in [3.63, 3.8) is 0 Å². The lowest BCUT2D eigenvalue weighted by molar-refractivity contribution is -0.0447. The Kier molecular flexibility index (Phi) is 3.29. The molecule has 4 heteroatoms. The molecule has 1 fully saturated rings. The van der Waals surface area contributed by atoms with E-state index in [1.54, 1.807) is 0 Å². The van der Waals surface area contributed by atoms with Crippen molar-refractivity contribution in [3.05, 3.63) is 29.6 Å². The molecule has 19 heavy (non-hydrogen) atoms. The fraction of sp³-hybridized carbons (Fsp3) is 0.533. The largest absolute Gasteiger partial charge is 0.381 e. The first kappa shape index (κ1) is 12.6. The Balaban J connectivity index is 1.78. The van der Waals surface area contributed by atoms with E-state index in [2.05, 4.69) is 48.7 Å². The van der Waals surface area contributed by atoms with Crippen LogP contribution in [-0.2, 0) is 18.3 Å². The van der Waals surface area contributed by atoms with E-state index in [1.807, 2.05) is 0 Å². The zero-order valence-electron chi connectivity index (χ0n) is 11.9. The van der Waals surface area contributed by atoms with Gasteiger partial charge in [-0.1, -0.05) is 6.07 Å². The van der Waals surface area contributed by atoms with E-state index in [0.717, 1.165) is 37.6 Å². The molecule has 2 aromatic rings. The molecule has 2 heterocycles. The predicted molar refractivity (Wildman–Crippen MR) is 76.1 cm³/mol. The standard InChI is InChI=1S/C15H21N3O/c1-11-4-5-13-14(6-11)18(3)15(16-13)8-17(2)7-12-9-19-10-12/h4-6,12H,7-10H2,1-3H3. The Bertz CT molecular complexity index is 586. The van der Waals surface area contributed by atoms with Crippen LogP contribution in [-0.4, -0.2) is 41.3 Å². The second kappa shape index (κ2) is 4.94. The van der Waals surface area contributed by atoms with Gasteiger partial charge in [0.15, 0.2) is 0 Å². The molecule has 0 radical (unpaired) electrons. The van der Waals surface area contributed by atoms with Crippen molar-refractivity contribution < 1.29 is 4.74 Å². The average Bonchev–Trinajstić information content (AvgIpc) is 2.62. The molecule has 102 valence electrons. The van der Waals surface area contributed by atoms with Crippen molar-refractivity contribution in [1.82, 2.24) is 14.5 Å². The number of benzene rings is 1. The molecule has 0 N–H and O–H groups in total. The lowest BCUT2D eigenvalue weighted by Gasteiger charge is -2.30. The summed E-state index contributed by atoms with van der Waals surface area (Å²) in [6, 6.07) is 6.42. The minimum Gasteiger partial charge on any atom is -0.381 e. The van der Waals surface area contributed by atoms with Gasteiger partial charge in [0.05, 0.1) is 30.8 Å². The summed E-state index contributed by atoms with van der Waals surface area (Å²) < 4.78 is 7.43. The maximum Gasteiger partial charge on any atom is 0.123 e. The SMILES string of the molecule is Cc1ccc2nc(CN(C)CC3COC3)n(C)c2c1. The van der Waals surface area contributed by atoms with Crippen LogP contribution in [0.2, 0.25) is 0 Å². The molecule has 3 rings (SSSR count). The van der Waals surface area contributed by atoms with Gasteiger partial charge in [-0.25, -0.2) is 4.98 Å². The van der Waals surface area contributed by atoms with Crippen LogP contribution in [0.3, 0.4) is 0 Å². The van der Waals surface area contributed by atoms with E-state index in [1.165, 1.54) is 11.1 Å². The van der Waals surface area contributed by atoms with Gasteiger partial charge < -0.3 is 9.30 Å². The van der Waals surface area contributed by atoms with Crippen LogP contribution < -0.4 is 0 Å². The van der Waals surface area contributed by atoms with Crippen LogP contribution in [0.25, 0.3) is 11.0 Å². The smallest absolute Gasteiger partial charge is 0.123 e. The van der Waals surface area contributed by atoms with Gasteiger partial charge >= 0.3 is 0 Å². The summed E-state index contributed by atoms with van der Waals surface area (Å²) in [4.78, 5) is 7.07. The van der Waals surface area contributed by atoms with Gasteiger partial charge in [0.2, 0.25) is 0 Å². The zero-order chi connectivity index (χ0) is 13.4. The normalized spacial score (nSPS) is 16.2. The predicted octanol–water partition coefficient (Wildman–Crippen LogP) is 1.96. The molecule has 1 aromatic heterocycles. The van der Waals surface area contributed by atoms with Gasteiger partial charge in [-0.3, -0.25) is 4.90 Å². The van der Waals surface area contributed by atoms with Gasteiger partial charge in [-0.05, 0) is 31.7 Å². The zero-order valence-corrected chi connectivity index (χ0v) is 11.9. The Morgan fingerprint density at radius 2 is 2.21 bits per heavy atom. The van der Waals surface area contributed by atoms with Crippen LogP contribution in [0.15, 0.2) is 18.2 Å². The number of hydrogen-bond donors (Lipinski definition) is 0. The van der Waals surface area contributed by atoms with E-state index in [4.69, 9.17) is 9.72 Å². The number of rotatable bonds is 4. The number of aryl methyl sites for hydroxylation is 2. The van der Waals surface area contributed by atoms with Crippen LogP contribution in [0.5, 0.6) is 0 Å². The molecule has 1 aliphatic heterocycles. The van der Waals surface area contributed by atoms with Gasteiger partial charge in [0.1, 0.15) is 5.82 Å². The highest BCUT2D eigenvalue weighted by molar-refractivity contribution is 5.76. The number of nitrogens with zero attached hydrogens (tertiary/aromatic N) is 3. The maximum absolute atomic E-state index is 5.22. The third-order valence-corrected chi connectivity index (χ3v) is 3.82. The average molecular weight is 259 g/mol. The Morgan fingerprint density at radius 3 is 2.89 bits per heavy atom. The molecule has 0 saturated carbocycles.